The summed E-state index contributed by atoms with van der Waals surface area (Å²) >= 11 is 24.4. The molecule has 152 valence electrons. The highest BCUT2D eigenvalue weighted by molar-refractivity contribution is 7.87. The van der Waals surface area contributed by atoms with Gasteiger partial charge in [-0.2, -0.15) is 8.42 Å². The first-order chi connectivity index (χ1) is 13.5. The van der Waals surface area contributed by atoms with Crippen molar-refractivity contribution in [3.8, 4) is 11.5 Å². The number of hydrogen-bond acceptors (Lipinski definition) is 4. The Kier molecular flexibility index (Phi) is 5.98. The number of benzene rings is 3. The van der Waals surface area contributed by atoms with Crippen LogP contribution in [0.4, 0.5) is 0 Å². The number of phenolic OH excluding ortho intramolecular Hbond substituents is 2. The third-order valence-electron chi connectivity index (χ3n) is 4.41. The van der Waals surface area contributed by atoms with Gasteiger partial charge in [-0.15, -0.1) is 0 Å². The van der Waals surface area contributed by atoms with E-state index in [1.807, 2.05) is 0 Å². The van der Waals surface area contributed by atoms with Crippen LogP contribution in [-0.4, -0.2) is 23.2 Å². The zero-order valence-electron chi connectivity index (χ0n) is 14.3. The molecule has 0 fully saturated rings. The van der Waals surface area contributed by atoms with Crippen LogP contribution in [0.1, 0.15) is 16.7 Å². The number of rotatable bonds is 4. The van der Waals surface area contributed by atoms with Crippen LogP contribution in [0, 0.1) is 0 Å². The molecule has 3 N–H and O–H groups in total. The fourth-order valence-electron chi connectivity index (χ4n) is 3.17. The van der Waals surface area contributed by atoms with Gasteiger partial charge in [0.05, 0.1) is 15.1 Å². The average Bonchev–Trinajstić information content (AvgIpc) is 2.63. The Bertz CT molecular complexity index is 1210. The van der Waals surface area contributed by atoms with E-state index in [1.54, 1.807) is 6.07 Å². The molecule has 0 bridgehead atoms. The van der Waals surface area contributed by atoms with E-state index in [0.717, 1.165) is 24.3 Å². The highest BCUT2D eigenvalue weighted by Crippen LogP contribution is 2.51. The Balaban J connectivity index is 2.61. The largest absolute Gasteiger partial charge is 0.508 e. The van der Waals surface area contributed by atoms with Gasteiger partial charge in [0.25, 0.3) is 10.1 Å². The highest BCUT2D eigenvalue weighted by atomic mass is 35.5. The second-order valence-electron chi connectivity index (χ2n) is 6.09. The molecule has 0 aliphatic rings. The maximum atomic E-state index is 13.0. The predicted octanol–water partition coefficient (Wildman–Crippen LogP) is 5.89. The number of aromatic hydroxyl groups is 2. The Morgan fingerprint density at radius 1 is 0.690 bits per heavy atom. The lowest BCUT2D eigenvalue weighted by Crippen LogP contribution is -2.38. The fraction of sp³-hybridized carbons (Fsp3) is 0.0526. The molecule has 0 aliphatic heterocycles. The van der Waals surface area contributed by atoms with Gasteiger partial charge in [0.1, 0.15) is 11.5 Å². The minimum absolute atomic E-state index is 0.0141. The molecule has 5 nitrogen and oxygen atoms in total. The molecule has 0 heterocycles. The number of halogens is 4. The summed E-state index contributed by atoms with van der Waals surface area (Å²) in [6.07, 6.45) is 0. The summed E-state index contributed by atoms with van der Waals surface area (Å²) in [6.45, 7) is 0. The SMILES string of the molecule is O=S(=O)(O)C(c1ccc(O)c(Cl)c1)(c1cc(Cl)c(Cl)cc1O)c1ccccc1Cl. The summed E-state index contributed by atoms with van der Waals surface area (Å²) in [5, 5.41) is 20.1. The molecule has 10 heteroatoms. The molecule has 0 saturated carbocycles. The maximum absolute atomic E-state index is 13.0. The van der Waals surface area contributed by atoms with Crippen LogP contribution in [0.15, 0.2) is 54.6 Å². The van der Waals surface area contributed by atoms with Crippen molar-refractivity contribution in [3.63, 3.8) is 0 Å². The first-order valence-electron chi connectivity index (χ1n) is 7.89. The lowest BCUT2D eigenvalue weighted by atomic mass is 9.83. The van der Waals surface area contributed by atoms with E-state index < -0.39 is 20.6 Å². The van der Waals surface area contributed by atoms with Gasteiger partial charge in [-0.3, -0.25) is 4.55 Å². The van der Waals surface area contributed by atoms with Crippen molar-refractivity contribution in [1.29, 1.82) is 0 Å². The summed E-state index contributed by atoms with van der Waals surface area (Å²) in [5.74, 6) is -0.863. The summed E-state index contributed by atoms with van der Waals surface area (Å²) in [4.78, 5) is 0. The maximum Gasteiger partial charge on any atom is 0.283 e. The molecule has 0 radical (unpaired) electrons. The van der Waals surface area contributed by atoms with Crippen LogP contribution >= 0.6 is 46.4 Å². The van der Waals surface area contributed by atoms with E-state index in [-0.39, 0.29) is 42.5 Å². The van der Waals surface area contributed by atoms with Gasteiger partial charge < -0.3 is 10.2 Å². The number of hydrogen-bond donors (Lipinski definition) is 3. The molecule has 0 spiro atoms. The first-order valence-corrected chi connectivity index (χ1v) is 10.8. The Morgan fingerprint density at radius 3 is 1.90 bits per heavy atom. The molecule has 29 heavy (non-hydrogen) atoms. The molecule has 0 aliphatic carbocycles. The van der Waals surface area contributed by atoms with Gasteiger partial charge in [0, 0.05) is 22.2 Å². The zero-order chi connectivity index (χ0) is 21.6. The lowest BCUT2D eigenvalue weighted by molar-refractivity contribution is 0.440. The van der Waals surface area contributed by atoms with Crippen molar-refractivity contribution in [1.82, 2.24) is 0 Å². The van der Waals surface area contributed by atoms with Gasteiger partial charge in [-0.1, -0.05) is 70.7 Å². The third-order valence-corrected chi connectivity index (χ3v) is 7.22. The standard InChI is InChI=1S/C19H12Cl4O5S/c20-13-4-2-1-3-11(13)19(29(26,27)28,10-5-6-17(24)16(23)7-10)12-8-14(21)15(22)9-18(12)25/h1-9,24-25H,(H,26,27,28). The van der Waals surface area contributed by atoms with Crippen LogP contribution in [-0.2, 0) is 14.9 Å². The van der Waals surface area contributed by atoms with Gasteiger partial charge in [0.15, 0.2) is 4.75 Å². The van der Waals surface area contributed by atoms with Crippen LogP contribution in [0.25, 0.3) is 0 Å². The molecule has 3 rings (SSSR count). The molecule has 3 aromatic rings. The van der Waals surface area contributed by atoms with Crippen LogP contribution in [0.3, 0.4) is 0 Å². The normalized spacial score (nSPS) is 13.8. The summed E-state index contributed by atoms with van der Waals surface area (Å²) in [5.41, 5.74) is -0.464. The monoisotopic (exact) mass is 492 g/mol. The van der Waals surface area contributed by atoms with Crippen molar-refractivity contribution in [2.24, 2.45) is 0 Å². The Hall–Kier alpha value is -1.67. The van der Waals surface area contributed by atoms with E-state index in [1.165, 1.54) is 24.3 Å². The second-order valence-corrected chi connectivity index (χ2v) is 9.28. The molecular formula is C19H12Cl4O5S. The molecule has 0 aromatic heterocycles. The summed E-state index contributed by atoms with van der Waals surface area (Å²) < 4.78 is 34.0. The van der Waals surface area contributed by atoms with E-state index in [9.17, 15) is 23.2 Å². The van der Waals surface area contributed by atoms with Crippen molar-refractivity contribution in [2.45, 2.75) is 4.75 Å². The topological polar surface area (TPSA) is 94.8 Å². The minimum atomic E-state index is -5.08. The molecule has 1 unspecified atom stereocenters. The Morgan fingerprint density at radius 2 is 1.31 bits per heavy atom. The first kappa shape index (κ1) is 22.0. The van der Waals surface area contributed by atoms with Crippen molar-refractivity contribution >= 4 is 56.5 Å². The summed E-state index contributed by atoms with van der Waals surface area (Å²) in [6, 6.07) is 11.6. The summed E-state index contributed by atoms with van der Waals surface area (Å²) in [7, 11) is -5.08. The average molecular weight is 494 g/mol. The van der Waals surface area contributed by atoms with Gasteiger partial charge >= 0.3 is 0 Å². The van der Waals surface area contributed by atoms with Crippen molar-refractivity contribution < 1.29 is 23.2 Å². The molecule has 0 saturated heterocycles. The van der Waals surface area contributed by atoms with E-state index in [4.69, 9.17) is 46.4 Å². The molecular weight excluding hydrogens is 482 g/mol. The van der Waals surface area contributed by atoms with E-state index in [2.05, 4.69) is 0 Å². The molecule has 3 aromatic carbocycles. The minimum Gasteiger partial charge on any atom is -0.508 e. The smallest absolute Gasteiger partial charge is 0.283 e. The van der Waals surface area contributed by atoms with Crippen LogP contribution < -0.4 is 0 Å². The lowest BCUT2D eigenvalue weighted by Gasteiger charge is -2.34. The Labute approximate surface area is 186 Å². The fourth-order valence-corrected chi connectivity index (χ4v) is 5.33. The van der Waals surface area contributed by atoms with Crippen molar-refractivity contribution in [3.05, 3.63) is 91.4 Å². The van der Waals surface area contributed by atoms with Gasteiger partial charge in [-0.25, -0.2) is 0 Å². The van der Waals surface area contributed by atoms with Crippen LogP contribution in [0.2, 0.25) is 20.1 Å². The van der Waals surface area contributed by atoms with Crippen molar-refractivity contribution in [2.75, 3.05) is 0 Å². The molecule has 0 amide bonds. The molecule has 1 atom stereocenters. The predicted molar refractivity (Wildman–Crippen MR) is 114 cm³/mol. The zero-order valence-corrected chi connectivity index (χ0v) is 18.1. The second kappa shape index (κ2) is 7.87. The van der Waals surface area contributed by atoms with E-state index >= 15 is 0 Å². The number of phenols is 2. The van der Waals surface area contributed by atoms with Gasteiger partial charge in [-0.05, 0) is 29.8 Å². The van der Waals surface area contributed by atoms with Gasteiger partial charge in [0.2, 0.25) is 0 Å². The highest BCUT2D eigenvalue weighted by Gasteiger charge is 2.51. The third kappa shape index (κ3) is 3.65. The van der Waals surface area contributed by atoms with Crippen LogP contribution in [0.5, 0.6) is 11.5 Å². The quantitative estimate of drug-likeness (QED) is 0.311. The van der Waals surface area contributed by atoms with E-state index in [0.29, 0.717) is 0 Å².